The first kappa shape index (κ1) is 20.7. The summed E-state index contributed by atoms with van der Waals surface area (Å²) in [6.07, 6.45) is 2.02. The van der Waals surface area contributed by atoms with Crippen LogP contribution in [-0.2, 0) is 11.8 Å². The number of rotatable bonds is 0. The van der Waals surface area contributed by atoms with Gasteiger partial charge in [0.05, 0.1) is 28.3 Å². The zero-order valence-corrected chi connectivity index (χ0v) is 21.8. The van der Waals surface area contributed by atoms with Crippen LogP contribution in [0.25, 0.3) is 27.4 Å². The maximum Gasteiger partial charge on any atom is 0.263 e. The molecule has 3 aliphatic heterocycles. The normalized spacial score (nSPS) is 20.9. The number of anilines is 3. The summed E-state index contributed by atoms with van der Waals surface area (Å²) in [5, 5.41) is 2.97. The number of aromatic nitrogens is 1. The summed E-state index contributed by atoms with van der Waals surface area (Å²) in [6, 6.07) is 37.0. The minimum Gasteiger partial charge on any atom is -0.308 e. The molecule has 0 amide bonds. The Morgan fingerprint density at radius 3 is 2.38 bits per heavy atom. The van der Waals surface area contributed by atoms with E-state index in [1.165, 1.54) is 43.5 Å². The van der Waals surface area contributed by atoms with Gasteiger partial charge in [0.1, 0.15) is 0 Å². The molecule has 10 rings (SSSR count). The van der Waals surface area contributed by atoms with Crippen molar-refractivity contribution in [2.24, 2.45) is 0 Å². The molecule has 2 unspecified atom stereocenters. The second kappa shape index (κ2) is 6.83. The van der Waals surface area contributed by atoms with Crippen LogP contribution in [0.3, 0.4) is 0 Å². The molecule has 2 atom stereocenters. The van der Waals surface area contributed by atoms with Crippen LogP contribution in [0.2, 0.25) is 0 Å². The monoisotopic (exact) mass is 518 g/mol. The summed E-state index contributed by atoms with van der Waals surface area (Å²) >= 11 is 1.88. The summed E-state index contributed by atoms with van der Waals surface area (Å²) in [5.41, 5.74) is 9.98. The van der Waals surface area contributed by atoms with Crippen molar-refractivity contribution in [3.05, 3.63) is 130 Å². The molecule has 1 spiro atoms. The first-order chi connectivity index (χ1) is 19.2. The van der Waals surface area contributed by atoms with Crippen molar-refractivity contribution >= 4 is 50.5 Å². The van der Waals surface area contributed by atoms with Crippen molar-refractivity contribution < 1.29 is 0 Å². The van der Waals surface area contributed by atoms with Gasteiger partial charge in [0.15, 0.2) is 0 Å². The van der Waals surface area contributed by atoms with E-state index in [-0.39, 0.29) is 11.0 Å². The lowest BCUT2D eigenvalue weighted by Gasteiger charge is -2.34. The van der Waals surface area contributed by atoms with Crippen molar-refractivity contribution in [2.75, 3.05) is 4.90 Å². The molecule has 4 heteroatoms. The van der Waals surface area contributed by atoms with Gasteiger partial charge in [0, 0.05) is 31.5 Å². The van der Waals surface area contributed by atoms with Gasteiger partial charge in [-0.1, -0.05) is 78.5 Å². The van der Waals surface area contributed by atoms with Gasteiger partial charge in [0.25, 0.3) is 5.56 Å². The fraction of sp³-hybridized carbons (Fsp3) is 0.114. The molecule has 0 radical (unpaired) electrons. The average molecular weight is 519 g/mol. The van der Waals surface area contributed by atoms with Crippen LogP contribution in [-0.4, -0.2) is 4.57 Å². The van der Waals surface area contributed by atoms with E-state index in [9.17, 15) is 4.79 Å². The maximum atomic E-state index is 14.4. The Bertz CT molecular complexity index is 2160. The lowest BCUT2D eigenvalue weighted by atomic mass is 9.82. The van der Waals surface area contributed by atoms with E-state index in [4.69, 9.17) is 0 Å². The van der Waals surface area contributed by atoms with E-state index in [1.54, 1.807) is 0 Å². The van der Waals surface area contributed by atoms with Gasteiger partial charge < -0.3 is 4.90 Å². The highest BCUT2D eigenvalue weighted by Crippen LogP contribution is 2.70. The molecule has 184 valence electrons. The van der Waals surface area contributed by atoms with E-state index < -0.39 is 0 Å². The van der Waals surface area contributed by atoms with E-state index >= 15 is 0 Å². The number of pyridine rings is 1. The lowest BCUT2D eigenvalue weighted by molar-refractivity contribution is 0.661. The first-order valence-electron chi connectivity index (χ1n) is 13.6. The third-order valence-corrected chi connectivity index (χ3v) is 10.7. The summed E-state index contributed by atoms with van der Waals surface area (Å²) in [7, 11) is 0. The lowest BCUT2D eigenvalue weighted by Crippen LogP contribution is -2.24. The SMILES string of the molecule is O=c1c2ccccc2c2ccc3c4c2n1-c1ccccc1C1CC1(C4)c1cccc2c1N3c1ccccc1S2. The van der Waals surface area contributed by atoms with Crippen molar-refractivity contribution in [1.29, 1.82) is 0 Å². The third-order valence-electron chi connectivity index (χ3n) is 9.58. The van der Waals surface area contributed by atoms with Crippen LogP contribution in [0.4, 0.5) is 17.1 Å². The Hall–Kier alpha value is -4.28. The quantitative estimate of drug-likeness (QED) is 0.189. The molecular weight excluding hydrogens is 496 g/mol. The summed E-state index contributed by atoms with van der Waals surface area (Å²) in [6.45, 7) is 0. The molecule has 4 bridgehead atoms. The van der Waals surface area contributed by atoms with Gasteiger partial charge in [-0.3, -0.25) is 9.36 Å². The molecule has 6 aromatic rings. The topological polar surface area (TPSA) is 25.2 Å². The highest BCUT2D eigenvalue weighted by molar-refractivity contribution is 7.99. The standard InChI is InChI=1S/C35H22N2OS/c38-34-22-9-2-1-8-20(22)21-16-17-28-24-18-35(19-26(35)23-10-3-4-12-27(23)37(34)32(21)24)25-11-7-15-31-33(25)36(28)29-13-5-6-14-30(29)39-31/h1-17,26H,18-19H2. The molecule has 1 aromatic heterocycles. The van der Waals surface area contributed by atoms with Crippen molar-refractivity contribution in [3.8, 4) is 5.69 Å². The van der Waals surface area contributed by atoms with Gasteiger partial charge in [-0.2, -0.15) is 0 Å². The Balaban J connectivity index is 1.47. The minimum atomic E-state index is 0.0129. The Kier molecular flexibility index (Phi) is 3.62. The highest BCUT2D eigenvalue weighted by atomic mass is 32.2. The smallest absolute Gasteiger partial charge is 0.263 e. The van der Waals surface area contributed by atoms with E-state index in [2.05, 4.69) is 100 Å². The molecule has 39 heavy (non-hydrogen) atoms. The molecule has 0 N–H and O–H groups in total. The number of hydrogen-bond acceptors (Lipinski definition) is 3. The number of benzene rings is 5. The van der Waals surface area contributed by atoms with Crippen LogP contribution in [0, 0.1) is 0 Å². The van der Waals surface area contributed by atoms with Gasteiger partial charge in [-0.15, -0.1) is 0 Å². The molecule has 4 aliphatic rings. The number of fused-ring (bicyclic) bond motifs is 6. The van der Waals surface area contributed by atoms with Gasteiger partial charge in [-0.25, -0.2) is 0 Å². The fourth-order valence-corrected chi connectivity index (χ4v) is 8.99. The highest BCUT2D eigenvalue weighted by Gasteiger charge is 2.60. The number of hydrogen-bond donors (Lipinski definition) is 0. The molecule has 5 aromatic carbocycles. The Morgan fingerprint density at radius 1 is 0.692 bits per heavy atom. The zero-order chi connectivity index (χ0) is 25.5. The van der Waals surface area contributed by atoms with Gasteiger partial charge in [0.2, 0.25) is 0 Å². The van der Waals surface area contributed by atoms with Crippen molar-refractivity contribution in [1.82, 2.24) is 4.57 Å². The van der Waals surface area contributed by atoms with Crippen LogP contribution in [0.1, 0.15) is 29.0 Å². The van der Waals surface area contributed by atoms with Crippen LogP contribution >= 0.6 is 11.8 Å². The molecule has 1 fully saturated rings. The van der Waals surface area contributed by atoms with Gasteiger partial charge in [-0.05, 0) is 71.7 Å². The second-order valence-electron chi connectivity index (χ2n) is 11.4. The zero-order valence-electron chi connectivity index (χ0n) is 21.0. The Labute approximate surface area is 229 Å². The third kappa shape index (κ3) is 2.37. The molecule has 1 saturated carbocycles. The van der Waals surface area contributed by atoms with Crippen molar-refractivity contribution in [2.45, 2.75) is 34.0 Å². The Morgan fingerprint density at radius 2 is 1.46 bits per heavy atom. The minimum absolute atomic E-state index is 0.0129. The molecular formula is C35H22N2OS. The van der Waals surface area contributed by atoms with Crippen molar-refractivity contribution in [3.63, 3.8) is 0 Å². The maximum absolute atomic E-state index is 14.4. The summed E-state index contributed by atoms with van der Waals surface area (Å²) in [5.74, 6) is 0.372. The predicted molar refractivity (Wildman–Crippen MR) is 159 cm³/mol. The largest absolute Gasteiger partial charge is 0.308 e. The number of nitrogens with zero attached hydrogens (tertiary/aromatic N) is 2. The van der Waals surface area contributed by atoms with Crippen LogP contribution in [0.5, 0.6) is 0 Å². The average Bonchev–Trinajstić information content (AvgIpc) is 3.71. The van der Waals surface area contributed by atoms with Gasteiger partial charge >= 0.3 is 0 Å². The van der Waals surface area contributed by atoms with E-state index in [0.717, 1.165) is 40.2 Å². The second-order valence-corrected chi connectivity index (χ2v) is 12.4. The molecule has 0 saturated heterocycles. The predicted octanol–water partition coefficient (Wildman–Crippen LogP) is 8.37. The fourth-order valence-electron chi connectivity index (χ4n) is 7.90. The molecule has 4 heterocycles. The van der Waals surface area contributed by atoms with E-state index in [0.29, 0.717) is 5.92 Å². The number of para-hydroxylation sites is 3. The first-order valence-corrected chi connectivity index (χ1v) is 14.5. The van der Waals surface area contributed by atoms with Crippen LogP contribution in [0.15, 0.2) is 118 Å². The molecule has 1 aliphatic carbocycles. The summed E-state index contributed by atoms with van der Waals surface area (Å²) < 4.78 is 2.05. The van der Waals surface area contributed by atoms with E-state index in [1.807, 2.05) is 23.9 Å². The molecule has 3 nitrogen and oxygen atoms in total. The summed E-state index contributed by atoms with van der Waals surface area (Å²) in [4.78, 5) is 19.5. The van der Waals surface area contributed by atoms with Crippen LogP contribution < -0.4 is 10.5 Å².